The van der Waals surface area contributed by atoms with E-state index in [0.29, 0.717) is 5.92 Å². The van der Waals surface area contributed by atoms with Crippen molar-refractivity contribution in [3.8, 4) is 0 Å². The summed E-state index contributed by atoms with van der Waals surface area (Å²) in [6, 6.07) is 0. The summed E-state index contributed by atoms with van der Waals surface area (Å²) >= 11 is -1.76. The summed E-state index contributed by atoms with van der Waals surface area (Å²) in [5, 5.41) is 0. The summed E-state index contributed by atoms with van der Waals surface area (Å²) in [6.07, 6.45) is 6.05. The van der Waals surface area contributed by atoms with E-state index >= 15 is 0 Å². The molecule has 0 spiro atoms. The van der Waals surface area contributed by atoms with Gasteiger partial charge in [-0.2, -0.15) is 0 Å². The minimum atomic E-state index is -1.76. The van der Waals surface area contributed by atoms with E-state index in [1.165, 1.54) is 17.6 Å². The van der Waals surface area contributed by atoms with E-state index in [2.05, 4.69) is 51.0 Å². The molecule has 0 fully saturated rings. The number of hydrogen-bond acceptors (Lipinski definition) is 0. The van der Waals surface area contributed by atoms with Crippen LogP contribution in [0.25, 0.3) is 0 Å². The van der Waals surface area contributed by atoms with Crippen LogP contribution in [0.3, 0.4) is 0 Å². The molecule has 0 aromatic rings. The van der Waals surface area contributed by atoms with Crippen molar-refractivity contribution in [2.75, 3.05) is 0 Å². The van der Waals surface area contributed by atoms with E-state index in [1.807, 2.05) is 0 Å². The first-order chi connectivity index (χ1) is 7.91. The van der Waals surface area contributed by atoms with Gasteiger partial charge in [-0.05, 0) is 0 Å². The van der Waals surface area contributed by atoms with Gasteiger partial charge in [-0.25, -0.2) is 0 Å². The molecule has 1 atom stereocenters. The van der Waals surface area contributed by atoms with E-state index < -0.39 is 21.3 Å². The molecular formula is C16H24Cl2Zr. The van der Waals surface area contributed by atoms with Crippen molar-refractivity contribution in [3.63, 3.8) is 0 Å². The number of hydrogen-bond donors (Lipinski definition) is 0. The van der Waals surface area contributed by atoms with Crippen molar-refractivity contribution in [2.45, 2.75) is 41.0 Å². The zero-order valence-corrected chi connectivity index (χ0v) is 16.6. The molecule has 0 bridgehead atoms. The van der Waals surface area contributed by atoms with Gasteiger partial charge >= 0.3 is 113 Å². The molecule has 0 heterocycles. The van der Waals surface area contributed by atoms with Gasteiger partial charge in [-0.1, -0.05) is 0 Å². The predicted octanol–water partition coefficient (Wildman–Crippen LogP) is 5.37. The quantitative estimate of drug-likeness (QED) is 0.606. The summed E-state index contributed by atoms with van der Waals surface area (Å²) in [5.41, 5.74) is 6.06. The zero-order chi connectivity index (χ0) is 12.7. The molecule has 0 saturated carbocycles. The third kappa shape index (κ3) is 3.69. The molecular weight excluding hydrogens is 354 g/mol. The van der Waals surface area contributed by atoms with E-state index in [0.717, 1.165) is 0 Å². The predicted molar refractivity (Wildman–Crippen MR) is 88.3 cm³/mol. The van der Waals surface area contributed by atoms with Gasteiger partial charge in [-0.15, -0.1) is 24.8 Å². The van der Waals surface area contributed by atoms with Crippen LogP contribution in [0.4, 0.5) is 0 Å². The molecule has 0 nitrogen and oxygen atoms in total. The Balaban J connectivity index is 0.00000162. The van der Waals surface area contributed by atoms with Crippen LogP contribution in [0, 0.1) is 5.92 Å². The van der Waals surface area contributed by atoms with Crippen molar-refractivity contribution in [1.82, 2.24) is 0 Å². The SMILES string of the molecule is Cl.Cl.[CH2]=[Zr]([C]1=CC(C)=C(C)C1)[C]1=C(C)C(C)=CC1C. The topological polar surface area (TPSA) is 0 Å². The third-order valence-electron chi connectivity index (χ3n) is 4.18. The summed E-state index contributed by atoms with van der Waals surface area (Å²) in [5.74, 6) is 0.643. The van der Waals surface area contributed by atoms with E-state index in [9.17, 15) is 0 Å². The van der Waals surface area contributed by atoms with Crippen LogP contribution in [0.5, 0.6) is 0 Å². The second kappa shape index (κ2) is 7.34. The Kier molecular flexibility index (Phi) is 7.46. The van der Waals surface area contributed by atoms with Crippen LogP contribution in [-0.4, -0.2) is 4.21 Å². The Hall–Kier alpha value is 0.293. The van der Waals surface area contributed by atoms with Crippen LogP contribution < -0.4 is 0 Å². The van der Waals surface area contributed by atoms with Gasteiger partial charge < -0.3 is 0 Å². The van der Waals surface area contributed by atoms with Crippen molar-refractivity contribution >= 4 is 29.0 Å². The molecule has 0 amide bonds. The van der Waals surface area contributed by atoms with Crippen molar-refractivity contribution < 1.29 is 21.3 Å². The van der Waals surface area contributed by atoms with Gasteiger partial charge in [0.15, 0.2) is 0 Å². The molecule has 0 radical (unpaired) electrons. The Morgan fingerprint density at radius 1 is 1.16 bits per heavy atom. The molecule has 106 valence electrons. The average molecular weight is 378 g/mol. The monoisotopic (exact) mass is 376 g/mol. The van der Waals surface area contributed by atoms with Gasteiger partial charge in [0.1, 0.15) is 0 Å². The van der Waals surface area contributed by atoms with Crippen LogP contribution in [-0.2, 0) is 21.3 Å². The maximum absolute atomic E-state index is 4.62. The molecule has 3 heteroatoms. The minimum absolute atomic E-state index is 0. The second-order valence-electron chi connectivity index (χ2n) is 5.47. The molecule has 0 aliphatic heterocycles. The van der Waals surface area contributed by atoms with Gasteiger partial charge in [0.05, 0.1) is 0 Å². The summed E-state index contributed by atoms with van der Waals surface area (Å²) < 4.78 is 8.02. The van der Waals surface area contributed by atoms with Crippen LogP contribution >= 0.6 is 24.8 Å². The fourth-order valence-corrected chi connectivity index (χ4v) is 9.01. The normalized spacial score (nSPS) is 21.8. The zero-order valence-electron chi connectivity index (χ0n) is 12.5. The molecule has 0 N–H and O–H groups in total. The van der Waals surface area contributed by atoms with Crippen LogP contribution in [0.1, 0.15) is 41.0 Å². The third-order valence-corrected chi connectivity index (χ3v) is 10.5. The Labute approximate surface area is 137 Å². The molecule has 2 rings (SSSR count). The summed E-state index contributed by atoms with van der Waals surface area (Å²) in [6.45, 7) is 11.4. The molecule has 2 aliphatic carbocycles. The van der Waals surface area contributed by atoms with E-state index in [1.54, 1.807) is 17.7 Å². The molecule has 1 unspecified atom stereocenters. The Morgan fingerprint density at radius 2 is 1.74 bits per heavy atom. The molecule has 0 aromatic carbocycles. The fraction of sp³-hybridized carbons (Fsp3) is 0.438. The van der Waals surface area contributed by atoms with Gasteiger partial charge in [0.25, 0.3) is 0 Å². The van der Waals surface area contributed by atoms with Gasteiger partial charge in [-0.3, -0.25) is 0 Å². The van der Waals surface area contributed by atoms with E-state index in [-0.39, 0.29) is 24.8 Å². The first-order valence-corrected chi connectivity index (χ1v) is 10.6. The molecule has 0 aromatic heterocycles. The molecule has 0 saturated heterocycles. The number of rotatable bonds is 2. The fourth-order valence-electron chi connectivity index (χ4n) is 2.87. The van der Waals surface area contributed by atoms with Gasteiger partial charge in [0.2, 0.25) is 0 Å². The van der Waals surface area contributed by atoms with E-state index in [4.69, 9.17) is 0 Å². The summed E-state index contributed by atoms with van der Waals surface area (Å²) in [7, 11) is 0. The first kappa shape index (κ1) is 19.3. The Morgan fingerprint density at radius 3 is 2.11 bits per heavy atom. The van der Waals surface area contributed by atoms with Crippen LogP contribution in [0.15, 0.2) is 41.0 Å². The number of allylic oxidation sites excluding steroid dienone is 8. The van der Waals surface area contributed by atoms with Crippen molar-refractivity contribution in [2.24, 2.45) is 5.92 Å². The van der Waals surface area contributed by atoms with Crippen molar-refractivity contribution in [1.29, 1.82) is 0 Å². The number of halogens is 2. The first-order valence-electron chi connectivity index (χ1n) is 6.38. The van der Waals surface area contributed by atoms with Gasteiger partial charge in [0, 0.05) is 0 Å². The second-order valence-corrected chi connectivity index (χ2v) is 10.7. The maximum atomic E-state index is 4.62. The average Bonchev–Trinajstić information content (AvgIpc) is 2.70. The Bertz CT molecular complexity index is 519. The summed E-state index contributed by atoms with van der Waals surface area (Å²) in [4.78, 5) is 0. The van der Waals surface area contributed by atoms with Crippen LogP contribution in [0.2, 0.25) is 0 Å². The molecule has 2 aliphatic rings. The van der Waals surface area contributed by atoms with Crippen molar-refractivity contribution in [3.05, 3.63) is 41.0 Å². The molecule has 19 heavy (non-hydrogen) atoms. The standard InChI is InChI=1S/C8H11.C7H9.CH2.2ClH.Zr/c1-6-4-7(2)8(3)5-6;1-6-4-3-5-7(6)2;;;;/h4,6H,1-3H3;4H,5H2,1-2H3;1H2;2*1H;.